The molecule has 0 spiro atoms. The van der Waals surface area contributed by atoms with Gasteiger partial charge in [0, 0.05) is 30.9 Å². The van der Waals surface area contributed by atoms with Crippen molar-refractivity contribution < 1.29 is 0 Å². The van der Waals surface area contributed by atoms with Crippen LogP contribution in [0.3, 0.4) is 0 Å². The highest BCUT2D eigenvalue weighted by molar-refractivity contribution is 5.13. The van der Waals surface area contributed by atoms with Gasteiger partial charge in [-0.15, -0.1) is 0 Å². The van der Waals surface area contributed by atoms with E-state index in [0.717, 1.165) is 13.1 Å². The Balaban J connectivity index is 1.59. The zero-order chi connectivity index (χ0) is 11.2. The highest BCUT2D eigenvalue weighted by atomic mass is 15.1. The Hall–Kier alpha value is -0.870. The number of rotatable bonds is 5. The molecular formula is C12H22N4. The Morgan fingerprint density at radius 1 is 1.38 bits per heavy atom. The summed E-state index contributed by atoms with van der Waals surface area (Å²) in [5.74, 6) is 0. The van der Waals surface area contributed by atoms with Gasteiger partial charge in [0.1, 0.15) is 0 Å². The molecule has 1 fully saturated rings. The smallest absolute Gasteiger partial charge is 0.0535 e. The quantitative estimate of drug-likeness (QED) is 0.738. The lowest BCUT2D eigenvalue weighted by Gasteiger charge is -2.26. The lowest BCUT2D eigenvalue weighted by molar-refractivity contribution is 0.229. The molecule has 2 heterocycles. The summed E-state index contributed by atoms with van der Waals surface area (Å²) in [7, 11) is 0. The second-order valence-corrected chi connectivity index (χ2v) is 4.60. The van der Waals surface area contributed by atoms with Crippen LogP contribution in [0.1, 0.15) is 30.5 Å². The second kappa shape index (κ2) is 6.01. The van der Waals surface area contributed by atoms with Crippen LogP contribution in [-0.2, 0) is 6.54 Å². The third-order valence-electron chi connectivity index (χ3n) is 3.30. The Labute approximate surface area is 97.4 Å². The SMILES string of the molecule is Cc1[nH]ncc1CNCCN1CCCCC1. The van der Waals surface area contributed by atoms with Gasteiger partial charge in [-0.05, 0) is 32.9 Å². The first-order valence-electron chi connectivity index (χ1n) is 6.28. The molecule has 90 valence electrons. The maximum atomic E-state index is 4.01. The topological polar surface area (TPSA) is 44.0 Å². The molecule has 0 saturated carbocycles. The molecule has 16 heavy (non-hydrogen) atoms. The molecule has 0 bridgehead atoms. The highest BCUT2D eigenvalue weighted by Gasteiger charge is 2.08. The van der Waals surface area contributed by atoms with Crippen molar-refractivity contribution in [2.24, 2.45) is 0 Å². The number of piperidine rings is 1. The van der Waals surface area contributed by atoms with Crippen LogP contribution in [-0.4, -0.2) is 41.3 Å². The van der Waals surface area contributed by atoms with Crippen molar-refractivity contribution in [2.75, 3.05) is 26.2 Å². The number of aryl methyl sites for hydroxylation is 1. The number of hydrogen-bond donors (Lipinski definition) is 2. The van der Waals surface area contributed by atoms with Crippen LogP contribution in [0.5, 0.6) is 0 Å². The fourth-order valence-electron chi connectivity index (χ4n) is 2.20. The summed E-state index contributed by atoms with van der Waals surface area (Å²) < 4.78 is 0. The van der Waals surface area contributed by atoms with Gasteiger partial charge in [0.15, 0.2) is 0 Å². The fraction of sp³-hybridized carbons (Fsp3) is 0.750. The summed E-state index contributed by atoms with van der Waals surface area (Å²) in [5, 5.41) is 10.4. The van der Waals surface area contributed by atoms with Gasteiger partial charge in [0.2, 0.25) is 0 Å². The minimum atomic E-state index is 0.927. The molecule has 0 aromatic carbocycles. The molecule has 1 saturated heterocycles. The van der Waals surface area contributed by atoms with E-state index < -0.39 is 0 Å². The third kappa shape index (κ3) is 3.32. The molecule has 1 aromatic heterocycles. The summed E-state index contributed by atoms with van der Waals surface area (Å²) in [5.41, 5.74) is 2.45. The van der Waals surface area contributed by atoms with Gasteiger partial charge in [0.25, 0.3) is 0 Å². The van der Waals surface area contributed by atoms with Gasteiger partial charge in [-0.2, -0.15) is 5.10 Å². The lowest BCUT2D eigenvalue weighted by Crippen LogP contribution is -2.35. The number of nitrogens with one attached hydrogen (secondary N) is 2. The minimum Gasteiger partial charge on any atom is -0.311 e. The maximum Gasteiger partial charge on any atom is 0.0535 e. The van der Waals surface area contributed by atoms with E-state index in [-0.39, 0.29) is 0 Å². The molecule has 4 heteroatoms. The molecule has 4 nitrogen and oxygen atoms in total. The van der Waals surface area contributed by atoms with Gasteiger partial charge < -0.3 is 10.2 Å². The Morgan fingerprint density at radius 3 is 2.88 bits per heavy atom. The lowest BCUT2D eigenvalue weighted by atomic mass is 10.1. The molecule has 1 aliphatic rings. The van der Waals surface area contributed by atoms with Crippen LogP contribution in [0.25, 0.3) is 0 Å². The van der Waals surface area contributed by atoms with Crippen LogP contribution in [0.15, 0.2) is 6.20 Å². The Morgan fingerprint density at radius 2 is 2.19 bits per heavy atom. The largest absolute Gasteiger partial charge is 0.311 e. The van der Waals surface area contributed by atoms with E-state index in [2.05, 4.69) is 27.3 Å². The van der Waals surface area contributed by atoms with Crippen LogP contribution in [0.2, 0.25) is 0 Å². The molecule has 1 aromatic rings. The molecule has 2 N–H and O–H groups in total. The highest BCUT2D eigenvalue weighted by Crippen LogP contribution is 2.07. The Kier molecular flexibility index (Phi) is 4.36. The second-order valence-electron chi connectivity index (χ2n) is 4.60. The zero-order valence-electron chi connectivity index (χ0n) is 10.1. The van der Waals surface area contributed by atoms with E-state index in [1.54, 1.807) is 0 Å². The van der Waals surface area contributed by atoms with Crippen molar-refractivity contribution in [1.82, 2.24) is 20.4 Å². The van der Waals surface area contributed by atoms with Crippen LogP contribution >= 0.6 is 0 Å². The standard InChI is InChI=1S/C12H22N4/c1-11-12(10-14-15-11)9-13-5-8-16-6-3-2-4-7-16/h10,13H,2-9H2,1H3,(H,14,15). The monoisotopic (exact) mass is 222 g/mol. The molecule has 1 aliphatic heterocycles. The average molecular weight is 222 g/mol. The first kappa shape index (κ1) is 11.6. The van der Waals surface area contributed by atoms with E-state index in [1.807, 2.05) is 6.20 Å². The summed E-state index contributed by atoms with van der Waals surface area (Å²) in [4.78, 5) is 2.55. The summed E-state index contributed by atoms with van der Waals surface area (Å²) in [6, 6.07) is 0. The molecule has 0 atom stereocenters. The van der Waals surface area contributed by atoms with E-state index >= 15 is 0 Å². The molecular weight excluding hydrogens is 200 g/mol. The van der Waals surface area contributed by atoms with E-state index in [9.17, 15) is 0 Å². The predicted octanol–water partition coefficient (Wildman–Crippen LogP) is 1.29. The zero-order valence-corrected chi connectivity index (χ0v) is 10.1. The number of hydrogen-bond acceptors (Lipinski definition) is 3. The maximum absolute atomic E-state index is 4.01. The van der Waals surface area contributed by atoms with E-state index in [1.165, 1.54) is 50.2 Å². The first-order valence-corrected chi connectivity index (χ1v) is 6.28. The number of likely N-dealkylation sites (tertiary alicyclic amines) is 1. The molecule has 0 amide bonds. The van der Waals surface area contributed by atoms with Gasteiger partial charge in [-0.1, -0.05) is 6.42 Å². The van der Waals surface area contributed by atoms with Crippen molar-refractivity contribution in [1.29, 1.82) is 0 Å². The van der Waals surface area contributed by atoms with Crippen molar-refractivity contribution in [2.45, 2.75) is 32.7 Å². The normalized spacial score (nSPS) is 17.8. The summed E-state index contributed by atoms with van der Waals surface area (Å²) in [6.45, 7) is 7.81. The molecule has 0 radical (unpaired) electrons. The molecule has 0 unspecified atom stereocenters. The number of H-pyrrole nitrogens is 1. The number of aromatic amines is 1. The number of aromatic nitrogens is 2. The summed E-state index contributed by atoms with van der Waals surface area (Å²) >= 11 is 0. The predicted molar refractivity (Wildman–Crippen MR) is 65.3 cm³/mol. The fourth-order valence-corrected chi connectivity index (χ4v) is 2.20. The van der Waals surface area contributed by atoms with Crippen molar-refractivity contribution in [3.05, 3.63) is 17.5 Å². The van der Waals surface area contributed by atoms with Gasteiger partial charge in [-0.3, -0.25) is 5.10 Å². The Bertz CT molecular complexity index is 302. The van der Waals surface area contributed by atoms with Gasteiger partial charge in [0.05, 0.1) is 6.20 Å². The van der Waals surface area contributed by atoms with Gasteiger partial charge in [-0.25, -0.2) is 0 Å². The molecule has 0 aliphatic carbocycles. The van der Waals surface area contributed by atoms with E-state index in [0.29, 0.717) is 0 Å². The van der Waals surface area contributed by atoms with Crippen molar-refractivity contribution >= 4 is 0 Å². The average Bonchev–Trinajstić information content (AvgIpc) is 2.72. The van der Waals surface area contributed by atoms with Crippen LogP contribution in [0.4, 0.5) is 0 Å². The van der Waals surface area contributed by atoms with Crippen molar-refractivity contribution in [3.63, 3.8) is 0 Å². The number of nitrogens with zero attached hydrogens (tertiary/aromatic N) is 2. The van der Waals surface area contributed by atoms with Crippen molar-refractivity contribution in [3.8, 4) is 0 Å². The first-order chi connectivity index (χ1) is 7.86. The minimum absolute atomic E-state index is 0.927. The van der Waals surface area contributed by atoms with E-state index in [4.69, 9.17) is 0 Å². The third-order valence-corrected chi connectivity index (χ3v) is 3.30. The van der Waals surface area contributed by atoms with Gasteiger partial charge >= 0.3 is 0 Å². The van der Waals surface area contributed by atoms with Crippen LogP contribution < -0.4 is 5.32 Å². The van der Waals surface area contributed by atoms with Crippen LogP contribution in [0, 0.1) is 6.92 Å². The molecule has 2 rings (SSSR count). The summed E-state index contributed by atoms with van der Waals surface area (Å²) in [6.07, 6.45) is 6.07.